The molecule has 0 aliphatic carbocycles. The van der Waals surface area contributed by atoms with Gasteiger partial charge in [0.15, 0.2) is 0 Å². The molecule has 0 bridgehead atoms. The predicted molar refractivity (Wildman–Crippen MR) is 48.0 cm³/mol. The van der Waals surface area contributed by atoms with E-state index in [0.717, 1.165) is 24.8 Å². The van der Waals surface area contributed by atoms with E-state index < -0.39 is 0 Å². The third kappa shape index (κ3) is 4.38. The Morgan fingerprint density at radius 1 is 1.55 bits per heavy atom. The van der Waals surface area contributed by atoms with Crippen LogP contribution >= 0.6 is 0 Å². The van der Waals surface area contributed by atoms with E-state index in [2.05, 4.69) is 12.6 Å². The number of hydrogen-bond donors (Lipinski definition) is 0. The molecule has 0 amide bonds. The lowest BCUT2D eigenvalue weighted by Crippen LogP contribution is -1.81. The molecule has 0 heterocycles. The molecule has 0 aliphatic rings. The van der Waals surface area contributed by atoms with Crippen molar-refractivity contribution < 1.29 is 0 Å². The van der Waals surface area contributed by atoms with E-state index in [1.807, 2.05) is 19.9 Å². The quantitative estimate of drug-likeness (QED) is 0.342. The fourth-order valence-corrected chi connectivity index (χ4v) is 0.794. The van der Waals surface area contributed by atoms with Gasteiger partial charge in [0.1, 0.15) is 0 Å². The standard InChI is InChI=1S/C10H15N/c1-4-5-6-7-9(2)10(3)8-11/h4H,1,5-7H2,2-3H3/b10-9+. The summed E-state index contributed by atoms with van der Waals surface area (Å²) in [6.07, 6.45) is 5.07. The lowest BCUT2D eigenvalue weighted by molar-refractivity contribution is 0.828. The van der Waals surface area contributed by atoms with Crippen molar-refractivity contribution >= 4 is 0 Å². The summed E-state index contributed by atoms with van der Waals surface area (Å²) in [4.78, 5) is 0. The Balaban J connectivity index is 3.78. The molecule has 60 valence electrons. The monoisotopic (exact) mass is 149 g/mol. The molecule has 1 nitrogen and oxygen atoms in total. The number of unbranched alkanes of at least 4 members (excludes halogenated alkanes) is 1. The predicted octanol–water partition coefficient (Wildman–Crippen LogP) is 3.20. The Bertz CT molecular complexity index is 193. The minimum absolute atomic E-state index is 0.856. The van der Waals surface area contributed by atoms with Crippen molar-refractivity contribution in [2.45, 2.75) is 33.1 Å². The summed E-state index contributed by atoms with van der Waals surface area (Å²) >= 11 is 0. The Hall–Kier alpha value is -1.03. The molecule has 0 radical (unpaired) electrons. The smallest absolute Gasteiger partial charge is 0.0943 e. The van der Waals surface area contributed by atoms with Crippen LogP contribution in [0, 0.1) is 11.3 Å². The first-order valence-corrected chi connectivity index (χ1v) is 3.89. The van der Waals surface area contributed by atoms with Gasteiger partial charge in [0, 0.05) is 5.57 Å². The SMILES string of the molecule is C=CCCC/C(C)=C(\C)C#N. The number of hydrogen-bond acceptors (Lipinski definition) is 1. The van der Waals surface area contributed by atoms with Crippen LogP contribution in [-0.4, -0.2) is 0 Å². The molecular formula is C10H15N. The Kier molecular flexibility index (Phi) is 5.20. The maximum absolute atomic E-state index is 8.53. The van der Waals surface area contributed by atoms with Gasteiger partial charge in [-0.1, -0.05) is 11.6 Å². The van der Waals surface area contributed by atoms with E-state index in [4.69, 9.17) is 5.26 Å². The molecule has 0 saturated carbocycles. The number of allylic oxidation sites excluding steroid dienone is 3. The van der Waals surface area contributed by atoms with Crippen LogP contribution in [-0.2, 0) is 0 Å². The van der Waals surface area contributed by atoms with Crippen molar-refractivity contribution in [1.29, 1.82) is 5.26 Å². The molecule has 0 aromatic heterocycles. The second-order valence-corrected chi connectivity index (χ2v) is 2.70. The molecule has 0 aromatic carbocycles. The Morgan fingerprint density at radius 3 is 2.64 bits per heavy atom. The lowest BCUT2D eigenvalue weighted by Gasteiger charge is -1.98. The van der Waals surface area contributed by atoms with E-state index in [0.29, 0.717) is 0 Å². The average molecular weight is 149 g/mol. The first-order chi connectivity index (χ1) is 5.22. The van der Waals surface area contributed by atoms with Crippen LogP contribution < -0.4 is 0 Å². The first-order valence-electron chi connectivity index (χ1n) is 3.89. The topological polar surface area (TPSA) is 23.8 Å². The minimum Gasteiger partial charge on any atom is -0.193 e. The highest BCUT2D eigenvalue weighted by Gasteiger charge is 1.94. The molecular weight excluding hydrogens is 134 g/mol. The Labute approximate surface area is 69.0 Å². The van der Waals surface area contributed by atoms with Gasteiger partial charge >= 0.3 is 0 Å². The van der Waals surface area contributed by atoms with Crippen LogP contribution in [0.3, 0.4) is 0 Å². The molecule has 0 N–H and O–H groups in total. The van der Waals surface area contributed by atoms with Crippen molar-refractivity contribution in [3.63, 3.8) is 0 Å². The summed E-state index contributed by atoms with van der Waals surface area (Å²) in [6.45, 7) is 7.52. The number of rotatable bonds is 4. The van der Waals surface area contributed by atoms with Crippen molar-refractivity contribution in [2.24, 2.45) is 0 Å². The van der Waals surface area contributed by atoms with Gasteiger partial charge in [0.05, 0.1) is 6.07 Å². The van der Waals surface area contributed by atoms with E-state index in [-0.39, 0.29) is 0 Å². The van der Waals surface area contributed by atoms with Crippen LogP contribution in [0.15, 0.2) is 23.8 Å². The molecule has 0 rings (SSSR count). The summed E-state index contributed by atoms with van der Waals surface area (Å²) in [6, 6.07) is 2.15. The van der Waals surface area contributed by atoms with Gasteiger partial charge in [-0.15, -0.1) is 6.58 Å². The van der Waals surface area contributed by atoms with Gasteiger partial charge in [-0.2, -0.15) is 5.26 Å². The van der Waals surface area contributed by atoms with Gasteiger partial charge in [0.25, 0.3) is 0 Å². The summed E-state index contributed by atoms with van der Waals surface area (Å²) < 4.78 is 0. The minimum atomic E-state index is 0.856. The molecule has 0 aliphatic heterocycles. The molecule has 0 unspecified atom stereocenters. The zero-order valence-corrected chi connectivity index (χ0v) is 7.35. The van der Waals surface area contributed by atoms with Crippen molar-refractivity contribution in [2.75, 3.05) is 0 Å². The van der Waals surface area contributed by atoms with Gasteiger partial charge in [0.2, 0.25) is 0 Å². The van der Waals surface area contributed by atoms with Crippen molar-refractivity contribution in [1.82, 2.24) is 0 Å². The van der Waals surface area contributed by atoms with Gasteiger partial charge in [-0.3, -0.25) is 0 Å². The summed E-state index contributed by atoms with van der Waals surface area (Å²) in [5.41, 5.74) is 2.06. The summed E-state index contributed by atoms with van der Waals surface area (Å²) in [7, 11) is 0. The second kappa shape index (κ2) is 5.73. The van der Waals surface area contributed by atoms with Crippen molar-refractivity contribution in [3.8, 4) is 6.07 Å². The van der Waals surface area contributed by atoms with Crippen LogP contribution in [0.4, 0.5) is 0 Å². The third-order valence-corrected chi connectivity index (χ3v) is 1.77. The molecule has 0 aromatic rings. The van der Waals surface area contributed by atoms with E-state index in [1.54, 1.807) is 0 Å². The van der Waals surface area contributed by atoms with E-state index in [1.165, 1.54) is 5.57 Å². The normalized spacial score (nSPS) is 11.7. The highest BCUT2D eigenvalue weighted by molar-refractivity contribution is 5.23. The fraction of sp³-hybridized carbons (Fsp3) is 0.500. The average Bonchev–Trinajstić information content (AvgIpc) is 2.03. The Morgan fingerprint density at radius 2 is 2.18 bits per heavy atom. The molecule has 0 fully saturated rings. The first kappa shape index (κ1) is 9.97. The third-order valence-electron chi connectivity index (χ3n) is 1.77. The van der Waals surface area contributed by atoms with Gasteiger partial charge < -0.3 is 0 Å². The summed E-state index contributed by atoms with van der Waals surface area (Å²) in [5, 5.41) is 8.53. The summed E-state index contributed by atoms with van der Waals surface area (Å²) in [5.74, 6) is 0. The fourth-order valence-electron chi connectivity index (χ4n) is 0.794. The van der Waals surface area contributed by atoms with E-state index >= 15 is 0 Å². The maximum atomic E-state index is 8.53. The van der Waals surface area contributed by atoms with Crippen molar-refractivity contribution in [3.05, 3.63) is 23.8 Å². The zero-order chi connectivity index (χ0) is 8.69. The number of nitrogens with zero attached hydrogens (tertiary/aromatic N) is 1. The zero-order valence-electron chi connectivity index (χ0n) is 7.35. The highest BCUT2D eigenvalue weighted by Crippen LogP contribution is 2.10. The van der Waals surface area contributed by atoms with E-state index in [9.17, 15) is 0 Å². The largest absolute Gasteiger partial charge is 0.193 e. The van der Waals surface area contributed by atoms with Gasteiger partial charge in [-0.25, -0.2) is 0 Å². The lowest BCUT2D eigenvalue weighted by atomic mass is 10.1. The maximum Gasteiger partial charge on any atom is 0.0943 e. The number of nitriles is 1. The van der Waals surface area contributed by atoms with Crippen LogP contribution in [0.25, 0.3) is 0 Å². The molecule has 0 saturated heterocycles. The van der Waals surface area contributed by atoms with Gasteiger partial charge in [-0.05, 0) is 33.1 Å². The molecule has 0 spiro atoms. The highest BCUT2D eigenvalue weighted by atomic mass is 14.2. The molecule has 11 heavy (non-hydrogen) atoms. The van der Waals surface area contributed by atoms with Crippen LogP contribution in [0.1, 0.15) is 33.1 Å². The molecule has 0 atom stereocenters. The van der Waals surface area contributed by atoms with Crippen LogP contribution in [0.2, 0.25) is 0 Å². The van der Waals surface area contributed by atoms with Crippen LogP contribution in [0.5, 0.6) is 0 Å². The second-order valence-electron chi connectivity index (χ2n) is 2.70. The molecule has 1 heteroatoms.